The second-order valence-corrected chi connectivity index (χ2v) is 13.6. The molecular weight excluding hydrogens is 642 g/mol. The standard InChI is InChI=1S/C37H53N5O8/c1-25(2)20-29(42-36(49)50-37(3,4)5)32(44)17-19-39-30(21-26-12-8-6-9-13-26)34(47)40-23-28(43)16-18-38-31(35(48)41-24-33(45)46)22-27-14-10-7-11-15-27/h6-15,25,29-31,38-39H,16-24H2,1-5H3,(H,40,47)(H,41,48)(H,42,49)(H,45,46)/t29-,30-,31-/m0/s1. The van der Waals surface area contributed by atoms with Gasteiger partial charge in [0.15, 0.2) is 11.6 Å². The molecule has 0 radical (unpaired) electrons. The van der Waals surface area contributed by atoms with Crippen LogP contribution in [0.4, 0.5) is 4.79 Å². The fourth-order valence-electron chi connectivity index (χ4n) is 5.02. The van der Waals surface area contributed by atoms with Crippen molar-refractivity contribution >= 4 is 35.4 Å². The fourth-order valence-corrected chi connectivity index (χ4v) is 5.02. The molecular formula is C37H53N5O8. The largest absolute Gasteiger partial charge is 0.480 e. The lowest BCUT2D eigenvalue weighted by Gasteiger charge is -2.24. The Morgan fingerprint density at radius 3 is 1.64 bits per heavy atom. The minimum atomic E-state index is -1.17. The smallest absolute Gasteiger partial charge is 0.408 e. The molecule has 13 heteroatoms. The molecule has 0 aliphatic rings. The number of Topliss-reactive ketones (excluding diaryl/α,β-unsaturated/α-hetero) is 2. The van der Waals surface area contributed by atoms with Crippen LogP contribution in [0.1, 0.15) is 65.0 Å². The lowest BCUT2D eigenvalue weighted by molar-refractivity contribution is -0.138. The van der Waals surface area contributed by atoms with Gasteiger partial charge in [-0.15, -0.1) is 0 Å². The summed E-state index contributed by atoms with van der Waals surface area (Å²) in [7, 11) is 0. The van der Waals surface area contributed by atoms with Crippen LogP contribution in [0.3, 0.4) is 0 Å². The monoisotopic (exact) mass is 695 g/mol. The molecule has 274 valence electrons. The molecule has 0 spiro atoms. The molecule has 3 atom stereocenters. The molecule has 2 rings (SSSR count). The Kier molecular flexibility index (Phi) is 17.8. The Balaban J connectivity index is 1.96. The summed E-state index contributed by atoms with van der Waals surface area (Å²) in [6.45, 7) is 8.68. The van der Waals surface area contributed by atoms with Crippen molar-refractivity contribution in [3.8, 4) is 0 Å². The zero-order valence-corrected chi connectivity index (χ0v) is 29.8. The first-order chi connectivity index (χ1) is 23.6. The third-order valence-electron chi connectivity index (χ3n) is 7.42. The maximum atomic E-state index is 13.3. The van der Waals surface area contributed by atoms with Crippen LogP contribution < -0.4 is 26.6 Å². The summed E-state index contributed by atoms with van der Waals surface area (Å²) in [6.07, 6.45) is 0.448. The van der Waals surface area contributed by atoms with Crippen molar-refractivity contribution in [3.63, 3.8) is 0 Å². The van der Waals surface area contributed by atoms with Crippen LogP contribution in [0, 0.1) is 5.92 Å². The molecule has 2 aromatic rings. The highest BCUT2D eigenvalue weighted by atomic mass is 16.6. The van der Waals surface area contributed by atoms with Crippen molar-refractivity contribution in [1.82, 2.24) is 26.6 Å². The van der Waals surface area contributed by atoms with Crippen molar-refractivity contribution < 1.29 is 38.6 Å². The van der Waals surface area contributed by atoms with Crippen LogP contribution in [0.25, 0.3) is 0 Å². The topological polar surface area (TPSA) is 192 Å². The summed E-state index contributed by atoms with van der Waals surface area (Å²) in [5, 5.41) is 22.9. The van der Waals surface area contributed by atoms with E-state index in [0.717, 1.165) is 11.1 Å². The number of ether oxygens (including phenoxy) is 1. The van der Waals surface area contributed by atoms with Gasteiger partial charge in [-0.3, -0.25) is 24.0 Å². The van der Waals surface area contributed by atoms with E-state index in [-0.39, 0.29) is 50.0 Å². The molecule has 0 aliphatic heterocycles. The quantitative estimate of drug-likeness (QED) is 0.107. The van der Waals surface area contributed by atoms with Crippen molar-refractivity contribution in [2.75, 3.05) is 26.2 Å². The molecule has 3 amide bonds. The summed E-state index contributed by atoms with van der Waals surface area (Å²) in [5.41, 5.74) is 1.04. The van der Waals surface area contributed by atoms with E-state index in [0.29, 0.717) is 19.3 Å². The molecule has 0 heterocycles. The molecule has 2 aromatic carbocycles. The second kappa shape index (κ2) is 21.5. The average Bonchev–Trinajstić information content (AvgIpc) is 3.04. The van der Waals surface area contributed by atoms with Gasteiger partial charge < -0.3 is 36.4 Å². The van der Waals surface area contributed by atoms with Gasteiger partial charge in [-0.25, -0.2) is 4.79 Å². The van der Waals surface area contributed by atoms with Crippen molar-refractivity contribution in [2.24, 2.45) is 5.92 Å². The third-order valence-corrected chi connectivity index (χ3v) is 7.42. The van der Waals surface area contributed by atoms with E-state index < -0.39 is 54.1 Å². The fraction of sp³-hybridized carbons (Fsp3) is 0.514. The van der Waals surface area contributed by atoms with Gasteiger partial charge in [0.1, 0.15) is 12.1 Å². The van der Waals surface area contributed by atoms with Gasteiger partial charge in [0, 0.05) is 25.9 Å². The van der Waals surface area contributed by atoms with Crippen LogP contribution in [-0.4, -0.2) is 90.5 Å². The number of carboxylic acid groups (broad SMARTS) is 1. The second-order valence-electron chi connectivity index (χ2n) is 13.6. The normalized spacial score (nSPS) is 13.1. The summed E-state index contributed by atoms with van der Waals surface area (Å²) in [6, 6.07) is 16.3. The SMILES string of the molecule is CC(C)C[C@H](NC(=O)OC(C)(C)C)C(=O)CCN[C@@H](Cc1ccccc1)C(=O)NCC(=O)CCN[C@@H](Cc1ccccc1)C(=O)NCC(=O)O. The Hall–Kier alpha value is -4.62. The Bertz CT molecular complexity index is 1400. The molecule has 0 bridgehead atoms. The number of carbonyl (C=O) groups excluding carboxylic acids is 5. The summed E-state index contributed by atoms with van der Waals surface area (Å²) in [4.78, 5) is 75.2. The van der Waals surface area contributed by atoms with Crippen LogP contribution in [-0.2, 0) is 41.6 Å². The minimum absolute atomic E-state index is 0.0188. The first-order valence-corrected chi connectivity index (χ1v) is 17.0. The van der Waals surface area contributed by atoms with Gasteiger partial charge in [0.2, 0.25) is 11.8 Å². The maximum absolute atomic E-state index is 13.3. The molecule has 50 heavy (non-hydrogen) atoms. The number of benzene rings is 2. The Morgan fingerprint density at radius 2 is 1.18 bits per heavy atom. The van der Waals surface area contributed by atoms with E-state index in [1.165, 1.54) is 0 Å². The highest BCUT2D eigenvalue weighted by molar-refractivity contribution is 5.89. The van der Waals surface area contributed by atoms with Crippen molar-refractivity contribution in [3.05, 3.63) is 71.8 Å². The highest BCUT2D eigenvalue weighted by Gasteiger charge is 2.26. The van der Waals surface area contributed by atoms with E-state index in [1.807, 2.05) is 74.5 Å². The van der Waals surface area contributed by atoms with Gasteiger partial charge in [-0.1, -0.05) is 74.5 Å². The summed E-state index contributed by atoms with van der Waals surface area (Å²) < 4.78 is 5.34. The number of ketones is 2. The molecule has 0 saturated carbocycles. The molecule has 0 unspecified atom stereocenters. The first kappa shape index (κ1) is 41.6. The number of nitrogens with one attached hydrogen (secondary N) is 5. The molecule has 6 N–H and O–H groups in total. The average molecular weight is 696 g/mol. The number of carbonyl (C=O) groups is 6. The van der Waals surface area contributed by atoms with Crippen LogP contribution >= 0.6 is 0 Å². The number of amides is 3. The van der Waals surface area contributed by atoms with Crippen LogP contribution in [0.2, 0.25) is 0 Å². The predicted octanol–water partition coefficient (Wildman–Crippen LogP) is 2.56. The first-order valence-electron chi connectivity index (χ1n) is 17.0. The van der Waals surface area contributed by atoms with Crippen molar-refractivity contribution in [2.45, 2.75) is 90.4 Å². The number of hydrogen-bond acceptors (Lipinski definition) is 9. The van der Waals surface area contributed by atoms with E-state index >= 15 is 0 Å². The van der Waals surface area contributed by atoms with Crippen LogP contribution in [0.5, 0.6) is 0 Å². The van der Waals surface area contributed by atoms with E-state index in [4.69, 9.17) is 9.84 Å². The summed E-state index contributed by atoms with van der Waals surface area (Å²) in [5.74, 6) is -2.40. The van der Waals surface area contributed by atoms with E-state index in [1.54, 1.807) is 20.8 Å². The number of hydrogen-bond donors (Lipinski definition) is 6. The Labute approximate surface area is 294 Å². The summed E-state index contributed by atoms with van der Waals surface area (Å²) >= 11 is 0. The number of carboxylic acids is 1. The molecule has 13 nitrogen and oxygen atoms in total. The lowest BCUT2D eigenvalue weighted by Crippen LogP contribution is -2.49. The molecule has 0 aliphatic carbocycles. The van der Waals surface area contributed by atoms with Gasteiger partial charge >= 0.3 is 12.1 Å². The molecule has 0 aromatic heterocycles. The predicted molar refractivity (Wildman–Crippen MR) is 189 cm³/mol. The van der Waals surface area contributed by atoms with Gasteiger partial charge in [-0.05, 0) is 57.1 Å². The maximum Gasteiger partial charge on any atom is 0.408 e. The van der Waals surface area contributed by atoms with Gasteiger partial charge in [0.05, 0.1) is 24.7 Å². The van der Waals surface area contributed by atoms with E-state index in [9.17, 15) is 28.8 Å². The van der Waals surface area contributed by atoms with Gasteiger partial charge in [-0.2, -0.15) is 0 Å². The minimum Gasteiger partial charge on any atom is -0.480 e. The zero-order valence-electron chi connectivity index (χ0n) is 29.8. The number of aliphatic carboxylic acids is 1. The van der Waals surface area contributed by atoms with E-state index in [2.05, 4.69) is 26.6 Å². The Morgan fingerprint density at radius 1 is 0.700 bits per heavy atom. The highest BCUT2D eigenvalue weighted by Crippen LogP contribution is 2.12. The lowest BCUT2D eigenvalue weighted by atomic mass is 9.98. The number of rotatable bonds is 22. The molecule has 0 fully saturated rings. The van der Waals surface area contributed by atoms with Crippen LogP contribution in [0.15, 0.2) is 60.7 Å². The number of alkyl carbamates (subject to hydrolysis) is 1. The van der Waals surface area contributed by atoms with Crippen molar-refractivity contribution in [1.29, 1.82) is 0 Å². The molecule has 0 saturated heterocycles. The zero-order chi connectivity index (χ0) is 37.1. The third kappa shape index (κ3) is 17.7. The van der Waals surface area contributed by atoms with Gasteiger partial charge in [0.25, 0.3) is 0 Å².